The topological polar surface area (TPSA) is 50.4 Å². The van der Waals surface area contributed by atoms with Crippen LogP contribution in [0.4, 0.5) is 5.69 Å². The molecule has 0 unspecified atom stereocenters. The van der Waals surface area contributed by atoms with Crippen LogP contribution >= 0.6 is 15.9 Å². The molecule has 4 nitrogen and oxygen atoms in total. The third-order valence-corrected chi connectivity index (χ3v) is 4.31. The average Bonchev–Trinajstić information content (AvgIpc) is 2.74. The minimum atomic E-state index is 0.0453. The maximum absolute atomic E-state index is 12.1. The van der Waals surface area contributed by atoms with E-state index in [0.717, 1.165) is 28.8 Å². The fourth-order valence-electron chi connectivity index (χ4n) is 2.70. The lowest BCUT2D eigenvalue weighted by Crippen LogP contribution is -2.38. The molecule has 1 aliphatic rings. The molecule has 1 fully saturated rings. The number of carbonyl (C=O) groups is 1. The Morgan fingerprint density at radius 3 is 2.67 bits per heavy atom. The van der Waals surface area contributed by atoms with E-state index in [2.05, 4.69) is 26.6 Å². The molecule has 0 spiro atoms. The molecule has 0 radical (unpaired) electrons. The maximum atomic E-state index is 12.1. The van der Waals surface area contributed by atoms with Crippen molar-refractivity contribution in [1.82, 2.24) is 5.32 Å². The smallest absolute Gasteiger partial charge is 0.239 e. The predicted molar refractivity (Wildman–Crippen MR) is 88.8 cm³/mol. The molecule has 0 saturated heterocycles. The van der Waals surface area contributed by atoms with Gasteiger partial charge in [-0.1, -0.05) is 41.6 Å². The van der Waals surface area contributed by atoms with Crippen LogP contribution in [0.5, 0.6) is 5.75 Å². The summed E-state index contributed by atoms with van der Waals surface area (Å²) in [6.45, 7) is 0.267. The number of amides is 1. The van der Waals surface area contributed by atoms with Crippen molar-refractivity contribution in [1.29, 1.82) is 0 Å². The summed E-state index contributed by atoms with van der Waals surface area (Å²) in [6.07, 6.45) is 7.23. The van der Waals surface area contributed by atoms with Crippen molar-refractivity contribution in [3.05, 3.63) is 22.7 Å². The van der Waals surface area contributed by atoms with E-state index in [1.54, 1.807) is 7.11 Å². The lowest BCUT2D eigenvalue weighted by molar-refractivity contribution is -0.120. The quantitative estimate of drug-likeness (QED) is 0.792. The van der Waals surface area contributed by atoms with Crippen molar-refractivity contribution in [3.63, 3.8) is 0 Å². The Morgan fingerprint density at radius 2 is 2.00 bits per heavy atom. The van der Waals surface area contributed by atoms with E-state index in [1.807, 2.05) is 18.2 Å². The van der Waals surface area contributed by atoms with Crippen molar-refractivity contribution in [3.8, 4) is 5.75 Å². The maximum Gasteiger partial charge on any atom is 0.239 e. The Kier molecular flexibility index (Phi) is 6.36. The highest BCUT2D eigenvalue weighted by atomic mass is 79.9. The first-order chi connectivity index (χ1) is 10.2. The number of methoxy groups -OCH3 is 1. The van der Waals surface area contributed by atoms with Crippen LogP contribution in [0, 0.1) is 0 Å². The molecule has 1 aromatic carbocycles. The molecule has 1 saturated carbocycles. The highest BCUT2D eigenvalue weighted by Crippen LogP contribution is 2.27. The minimum absolute atomic E-state index is 0.0453. The van der Waals surface area contributed by atoms with Crippen LogP contribution in [0.15, 0.2) is 22.7 Å². The summed E-state index contributed by atoms with van der Waals surface area (Å²) in [5.41, 5.74) is 0.822. The number of hydrogen-bond acceptors (Lipinski definition) is 3. The normalized spacial score (nSPS) is 16.1. The van der Waals surface area contributed by atoms with Crippen molar-refractivity contribution in [2.75, 3.05) is 19.0 Å². The molecule has 0 aromatic heterocycles. The summed E-state index contributed by atoms with van der Waals surface area (Å²) in [5.74, 6) is 0.782. The molecular formula is C16H23BrN2O2. The fourth-order valence-corrected chi connectivity index (χ4v) is 3.06. The lowest BCUT2D eigenvalue weighted by Gasteiger charge is -2.17. The molecule has 116 valence electrons. The van der Waals surface area contributed by atoms with Crippen LogP contribution in [0.25, 0.3) is 0 Å². The summed E-state index contributed by atoms with van der Waals surface area (Å²) in [6, 6.07) is 6.04. The zero-order valence-corrected chi connectivity index (χ0v) is 14.0. The molecule has 0 atom stereocenters. The second kappa shape index (κ2) is 8.27. The number of benzene rings is 1. The van der Waals surface area contributed by atoms with Crippen LogP contribution in [0.2, 0.25) is 0 Å². The Bertz CT molecular complexity index is 471. The SMILES string of the molecule is COc1ccc(Br)cc1NCC(=O)NC1CCCCCC1. The second-order valence-electron chi connectivity index (χ2n) is 5.45. The Hall–Kier alpha value is -1.23. The van der Waals surface area contributed by atoms with Crippen LogP contribution in [-0.2, 0) is 4.79 Å². The zero-order chi connectivity index (χ0) is 15.1. The van der Waals surface area contributed by atoms with Crippen molar-refractivity contribution >= 4 is 27.5 Å². The highest BCUT2D eigenvalue weighted by Gasteiger charge is 2.14. The van der Waals surface area contributed by atoms with Gasteiger partial charge in [-0.2, -0.15) is 0 Å². The van der Waals surface area contributed by atoms with Crippen LogP contribution in [0.1, 0.15) is 38.5 Å². The van der Waals surface area contributed by atoms with E-state index in [-0.39, 0.29) is 12.5 Å². The number of ether oxygens (including phenoxy) is 1. The summed E-state index contributed by atoms with van der Waals surface area (Å²) in [5, 5.41) is 6.27. The second-order valence-corrected chi connectivity index (χ2v) is 6.37. The first-order valence-corrected chi connectivity index (χ1v) is 8.35. The number of nitrogens with one attached hydrogen (secondary N) is 2. The first-order valence-electron chi connectivity index (χ1n) is 7.56. The summed E-state index contributed by atoms with van der Waals surface area (Å²) >= 11 is 3.42. The van der Waals surface area contributed by atoms with Gasteiger partial charge >= 0.3 is 0 Å². The van der Waals surface area contributed by atoms with Crippen LogP contribution in [-0.4, -0.2) is 25.6 Å². The van der Waals surface area contributed by atoms with Gasteiger partial charge in [0, 0.05) is 10.5 Å². The van der Waals surface area contributed by atoms with E-state index < -0.39 is 0 Å². The third kappa shape index (κ3) is 5.23. The number of anilines is 1. The molecule has 21 heavy (non-hydrogen) atoms. The van der Waals surface area contributed by atoms with Crippen LogP contribution in [0.3, 0.4) is 0 Å². The average molecular weight is 355 g/mol. The highest BCUT2D eigenvalue weighted by molar-refractivity contribution is 9.10. The van der Waals surface area contributed by atoms with Crippen molar-refractivity contribution < 1.29 is 9.53 Å². The zero-order valence-electron chi connectivity index (χ0n) is 12.5. The Morgan fingerprint density at radius 1 is 1.29 bits per heavy atom. The van der Waals surface area contributed by atoms with Gasteiger partial charge in [-0.25, -0.2) is 0 Å². The van der Waals surface area contributed by atoms with Crippen LogP contribution < -0.4 is 15.4 Å². The summed E-state index contributed by atoms with van der Waals surface area (Å²) in [4.78, 5) is 12.1. The standard InChI is InChI=1S/C16H23BrN2O2/c1-21-15-9-8-12(17)10-14(15)18-11-16(20)19-13-6-4-2-3-5-7-13/h8-10,13,18H,2-7,11H2,1H3,(H,19,20). The molecule has 0 bridgehead atoms. The molecule has 1 amide bonds. The van der Waals surface area contributed by atoms with Gasteiger partial charge in [0.2, 0.25) is 5.91 Å². The largest absolute Gasteiger partial charge is 0.495 e. The summed E-state index contributed by atoms with van der Waals surface area (Å²) < 4.78 is 6.24. The molecule has 5 heteroatoms. The van der Waals surface area contributed by atoms with E-state index in [9.17, 15) is 4.79 Å². The van der Waals surface area contributed by atoms with Crippen molar-refractivity contribution in [2.24, 2.45) is 0 Å². The molecule has 0 aliphatic heterocycles. The number of hydrogen-bond donors (Lipinski definition) is 2. The number of carbonyl (C=O) groups excluding carboxylic acids is 1. The summed E-state index contributed by atoms with van der Waals surface area (Å²) in [7, 11) is 1.63. The third-order valence-electron chi connectivity index (χ3n) is 3.82. The van der Waals surface area contributed by atoms with Crippen molar-refractivity contribution in [2.45, 2.75) is 44.6 Å². The fraction of sp³-hybridized carbons (Fsp3) is 0.562. The minimum Gasteiger partial charge on any atom is -0.495 e. The van der Waals surface area contributed by atoms with Gasteiger partial charge < -0.3 is 15.4 Å². The van der Waals surface area contributed by atoms with E-state index in [1.165, 1.54) is 25.7 Å². The van der Waals surface area contributed by atoms with Gasteiger partial charge in [-0.05, 0) is 31.0 Å². The van der Waals surface area contributed by atoms with Gasteiger partial charge in [0.25, 0.3) is 0 Å². The molecule has 0 heterocycles. The van der Waals surface area contributed by atoms with Gasteiger partial charge in [-0.15, -0.1) is 0 Å². The van der Waals surface area contributed by atoms with E-state index in [0.29, 0.717) is 6.04 Å². The Balaban J connectivity index is 1.84. The van der Waals surface area contributed by atoms with Gasteiger partial charge in [0.05, 0.1) is 19.3 Å². The van der Waals surface area contributed by atoms with Gasteiger partial charge in [0.1, 0.15) is 5.75 Å². The monoisotopic (exact) mass is 354 g/mol. The van der Waals surface area contributed by atoms with Gasteiger partial charge in [0.15, 0.2) is 0 Å². The van der Waals surface area contributed by atoms with E-state index in [4.69, 9.17) is 4.74 Å². The molecular weight excluding hydrogens is 332 g/mol. The molecule has 2 rings (SSSR count). The predicted octanol–water partition coefficient (Wildman–Crippen LogP) is 3.71. The first kappa shape index (κ1) is 16.1. The van der Waals surface area contributed by atoms with Gasteiger partial charge in [-0.3, -0.25) is 4.79 Å². The number of rotatable bonds is 5. The molecule has 1 aromatic rings. The lowest BCUT2D eigenvalue weighted by atomic mass is 10.1. The molecule has 2 N–H and O–H groups in total. The number of halogens is 1. The Labute approximate surface area is 134 Å². The van der Waals surface area contributed by atoms with E-state index >= 15 is 0 Å². The molecule has 1 aliphatic carbocycles.